The van der Waals surface area contributed by atoms with Crippen LogP contribution in [0.2, 0.25) is 0 Å². The van der Waals surface area contributed by atoms with Crippen molar-refractivity contribution in [2.45, 2.75) is 34.1 Å². The second-order valence-corrected chi connectivity index (χ2v) is 3.97. The van der Waals surface area contributed by atoms with E-state index in [0.29, 0.717) is 0 Å². The molecule has 0 bridgehead atoms. The zero-order chi connectivity index (χ0) is 10.1. The Morgan fingerprint density at radius 2 is 2.08 bits per heavy atom. The second kappa shape index (κ2) is 8.11. The van der Waals surface area contributed by atoms with Crippen molar-refractivity contribution < 1.29 is 0 Å². The summed E-state index contributed by atoms with van der Waals surface area (Å²) in [4.78, 5) is 0. The van der Waals surface area contributed by atoms with Gasteiger partial charge in [-0.3, -0.25) is 0 Å². The van der Waals surface area contributed by atoms with Crippen LogP contribution in [0.25, 0.3) is 0 Å². The maximum atomic E-state index is 3.40. The third-order valence-corrected chi connectivity index (χ3v) is 1.70. The Morgan fingerprint density at radius 3 is 2.62 bits per heavy atom. The highest BCUT2D eigenvalue weighted by Gasteiger charge is 1.92. The van der Waals surface area contributed by atoms with E-state index >= 15 is 0 Å². The summed E-state index contributed by atoms with van der Waals surface area (Å²) < 4.78 is 0. The van der Waals surface area contributed by atoms with Crippen LogP contribution in [0, 0.1) is 5.92 Å². The zero-order valence-electron chi connectivity index (χ0n) is 9.48. The molecule has 0 atom stereocenters. The van der Waals surface area contributed by atoms with E-state index in [9.17, 15) is 0 Å². The van der Waals surface area contributed by atoms with Crippen LogP contribution < -0.4 is 10.6 Å². The Kier molecular flexibility index (Phi) is 7.80. The molecule has 13 heavy (non-hydrogen) atoms. The fourth-order valence-electron chi connectivity index (χ4n) is 1.000. The summed E-state index contributed by atoms with van der Waals surface area (Å²) in [7, 11) is 0. The standard InChI is InChI=1S/C11H24N2/c1-5-6-12-8-11(4)9-13-7-10(2)3/h8,10,12-13H,5-7,9H2,1-4H3/b11-8+. The van der Waals surface area contributed by atoms with E-state index < -0.39 is 0 Å². The fraction of sp³-hybridized carbons (Fsp3) is 0.818. The Bertz CT molecular complexity index is 139. The molecule has 2 heteroatoms. The Labute approximate surface area is 82.8 Å². The van der Waals surface area contributed by atoms with Gasteiger partial charge in [-0.15, -0.1) is 0 Å². The summed E-state index contributed by atoms with van der Waals surface area (Å²) in [6.07, 6.45) is 3.29. The van der Waals surface area contributed by atoms with Gasteiger partial charge in [0, 0.05) is 13.1 Å². The van der Waals surface area contributed by atoms with E-state index in [1.54, 1.807) is 0 Å². The lowest BCUT2D eigenvalue weighted by Gasteiger charge is -2.07. The van der Waals surface area contributed by atoms with Crippen LogP contribution >= 0.6 is 0 Å². The molecule has 0 aromatic rings. The van der Waals surface area contributed by atoms with Crippen molar-refractivity contribution in [2.75, 3.05) is 19.6 Å². The summed E-state index contributed by atoms with van der Waals surface area (Å²) >= 11 is 0. The predicted molar refractivity (Wildman–Crippen MR) is 59.8 cm³/mol. The molecule has 0 rings (SSSR count). The molecule has 0 saturated heterocycles. The summed E-state index contributed by atoms with van der Waals surface area (Å²) in [6.45, 7) is 11.9. The molecule has 0 saturated carbocycles. The average Bonchev–Trinajstić information content (AvgIpc) is 2.04. The first-order valence-electron chi connectivity index (χ1n) is 5.26. The smallest absolute Gasteiger partial charge is 0.0179 e. The summed E-state index contributed by atoms with van der Waals surface area (Å²) in [6, 6.07) is 0. The maximum absolute atomic E-state index is 3.40. The minimum atomic E-state index is 0.733. The molecule has 0 spiro atoms. The van der Waals surface area contributed by atoms with Crippen molar-refractivity contribution in [2.24, 2.45) is 5.92 Å². The lowest BCUT2D eigenvalue weighted by molar-refractivity contribution is 0.570. The first-order chi connectivity index (χ1) is 6.16. The van der Waals surface area contributed by atoms with Crippen molar-refractivity contribution in [3.05, 3.63) is 11.8 Å². The van der Waals surface area contributed by atoms with Crippen molar-refractivity contribution >= 4 is 0 Å². The van der Waals surface area contributed by atoms with Gasteiger partial charge in [0.05, 0.1) is 0 Å². The highest BCUT2D eigenvalue weighted by Crippen LogP contribution is 1.90. The van der Waals surface area contributed by atoms with Crippen LogP contribution in [0.5, 0.6) is 0 Å². The molecule has 0 heterocycles. The lowest BCUT2D eigenvalue weighted by atomic mass is 10.2. The molecular formula is C11H24N2. The molecule has 0 aromatic heterocycles. The van der Waals surface area contributed by atoms with Gasteiger partial charge in [-0.1, -0.05) is 20.8 Å². The third-order valence-electron chi connectivity index (χ3n) is 1.70. The highest BCUT2D eigenvalue weighted by atomic mass is 14.9. The molecule has 0 amide bonds. The average molecular weight is 184 g/mol. The number of hydrogen-bond acceptors (Lipinski definition) is 2. The van der Waals surface area contributed by atoms with Crippen molar-refractivity contribution in [1.82, 2.24) is 10.6 Å². The molecule has 78 valence electrons. The Balaban J connectivity index is 3.38. The van der Waals surface area contributed by atoms with E-state index in [0.717, 1.165) is 25.6 Å². The SMILES string of the molecule is CCCN/C=C(\C)CNCC(C)C. The quantitative estimate of drug-likeness (QED) is 0.592. The molecule has 0 radical (unpaired) electrons. The van der Waals surface area contributed by atoms with Crippen LogP contribution in [-0.2, 0) is 0 Å². The molecule has 0 unspecified atom stereocenters. The summed E-state index contributed by atoms with van der Waals surface area (Å²) in [5.41, 5.74) is 1.37. The van der Waals surface area contributed by atoms with Gasteiger partial charge >= 0.3 is 0 Å². The van der Waals surface area contributed by atoms with E-state index in [2.05, 4.69) is 44.5 Å². The van der Waals surface area contributed by atoms with Gasteiger partial charge in [0.25, 0.3) is 0 Å². The summed E-state index contributed by atoms with van der Waals surface area (Å²) in [5, 5.41) is 6.67. The minimum Gasteiger partial charge on any atom is -0.391 e. The van der Waals surface area contributed by atoms with E-state index in [1.807, 2.05) is 0 Å². The largest absolute Gasteiger partial charge is 0.391 e. The first kappa shape index (κ1) is 12.5. The third kappa shape index (κ3) is 9.41. The molecule has 2 nitrogen and oxygen atoms in total. The van der Waals surface area contributed by atoms with Gasteiger partial charge in [-0.25, -0.2) is 0 Å². The first-order valence-corrected chi connectivity index (χ1v) is 5.26. The molecule has 0 aromatic carbocycles. The normalized spacial score (nSPS) is 12.2. The topological polar surface area (TPSA) is 24.1 Å². The van der Waals surface area contributed by atoms with Gasteiger partial charge in [0.2, 0.25) is 0 Å². The predicted octanol–water partition coefficient (Wildman–Crippen LogP) is 2.14. The molecule has 2 N–H and O–H groups in total. The van der Waals surface area contributed by atoms with Crippen LogP contribution in [0.4, 0.5) is 0 Å². The van der Waals surface area contributed by atoms with Crippen molar-refractivity contribution in [1.29, 1.82) is 0 Å². The van der Waals surface area contributed by atoms with Crippen molar-refractivity contribution in [3.8, 4) is 0 Å². The summed E-state index contributed by atoms with van der Waals surface area (Å²) in [5.74, 6) is 0.733. The molecule has 0 fully saturated rings. The highest BCUT2D eigenvalue weighted by molar-refractivity contribution is 4.98. The number of nitrogens with one attached hydrogen (secondary N) is 2. The van der Waals surface area contributed by atoms with E-state index in [-0.39, 0.29) is 0 Å². The molecule has 0 aliphatic heterocycles. The van der Waals surface area contributed by atoms with Crippen LogP contribution in [0.1, 0.15) is 34.1 Å². The minimum absolute atomic E-state index is 0.733. The van der Waals surface area contributed by atoms with Crippen LogP contribution in [0.3, 0.4) is 0 Å². The molecular weight excluding hydrogens is 160 g/mol. The Hall–Kier alpha value is -0.500. The number of rotatable bonds is 7. The number of hydrogen-bond donors (Lipinski definition) is 2. The van der Waals surface area contributed by atoms with Gasteiger partial charge < -0.3 is 10.6 Å². The van der Waals surface area contributed by atoms with Gasteiger partial charge in [-0.2, -0.15) is 0 Å². The zero-order valence-corrected chi connectivity index (χ0v) is 9.48. The molecule has 0 aliphatic rings. The van der Waals surface area contributed by atoms with Crippen molar-refractivity contribution in [3.63, 3.8) is 0 Å². The van der Waals surface area contributed by atoms with Gasteiger partial charge in [0.15, 0.2) is 0 Å². The second-order valence-electron chi connectivity index (χ2n) is 3.97. The van der Waals surface area contributed by atoms with Gasteiger partial charge in [0.1, 0.15) is 0 Å². The maximum Gasteiger partial charge on any atom is 0.0179 e. The lowest BCUT2D eigenvalue weighted by Crippen LogP contribution is -2.22. The van der Waals surface area contributed by atoms with Crippen LogP contribution in [0.15, 0.2) is 11.8 Å². The Morgan fingerprint density at radius 1 is 1.38 bits per heavy atom. The monoisotopic (exact) mass is 184 g/mol. The fourth-order valence-corrected chi connectivity index (χ4v) is 1.000. The van der Waals surface area contributed by atoms with E-state index in [1.165, 1.54) is 12.0 Å². The molecule has 0 aliphatic carbocycles. The van der Waals surface area contributed by atoms with Gasteiger partial charge in [-0.05, 0) is 37.6 Å². The van der Waals surface area contributed by atoms with E-state index in [4.69, 9.17) is 0 Å². The van der Waals surface area contributed by atoms with Crippen LogP contribution in [-0.4, -0.2) is 19.6 Å².